The van der Waals surface area contributed by atoms with E-state index in [2.05, 4.69) is 31.8 Å². The van der Waals surface area contributed by atoms with Gasteiger partial charge in [-0.3, -0.25) is 9.59 Å². The Morgan fingerprint density at radius 3 is 2.35 bits per heavy atom. The number of benzene rings is 3. The molecule has 0 fully saturated rings. The van der Waals surface area contributed by atoms with E-state index in [0.29, 0.717) is 18.0 Å². The number of rotatable bonds is 9. The number of carbonyl (C=O) groups excluding carboxylic acids is 2. The minimum absolute atomic E-state index is 0.0276. The predicted octanol–water partition coefficient (Wildman–Crippen LogP) is 4.90. The largest absolute Gasteiger partial charge is 0.488 e. The van der Waals surface area contributed by atoms with Crippen LogP contribution in [0.3, 0.4) is 0 Å². The molecule has 0 saturated heterocycles. The first-order valence-electron chi connectivity index (χ1n) is 9.74. The van der Waals surface area contributed by atoms with Crippen LogP contribution in [0.1, 0.15) is 24.0 Å². The Labute approximate surface area is 189 Å². The fourth-order valence-corrected chi connectivity index (χ4v) is 3.07. The molecule has 2 amide bonds. The van der Waals surface area contributed by atoms with Crippen LogP contribution in [0.15, 0.2) is 88.4 Å². The quantitative estimate of drug-likeness (QED) is 0.338. The number of nitrogens with zero attached hydrogens (tertiary/aromatic N) is 1. The number of amides is 2. The Kier molecular flexibility index (Phi) is 8.37. The van der Waals surface area contributed by atoms with Crippen molar-refractivity contribution in [1.82, 2.24) is 5.43 Å². The molecular formula is C24H22BrN3O3. The smallest absolute Gasteiger partial charge is 0.240 e. The molecule has 0 aliphatic heterocycles. The van der Waals surface area contributed by atoms with E-state index in [0.717, 1.165) is 15.6 Å². The van der Waals surface area contributed by atoms with E-state index in [4.69, 9.17) is 4.74 Å². The second kappa shape index (κ2) is 11.7. The van der Waals surface area contributed by atoms with Gasteiger partial charge in [-0.15, -0.1) is 0 Å². The van der Waals surface area contributed by atoms with Gasteiger partial charge in [0.25, 0.3) is 0 Å². The van der Waals surface area contributed by atoms with Crippen molar-refractivity contribution in [1.29, 1.82) is 0 Å². The van der Waals surface area contributed by atoms with Crippen LogP contribution in [-0.4, -0.2) is 18.0 Å². The molecule has 0 radical (unpaired) electrons. The van der Waals surface area contributed by atoms with Gasteiger partial charge in [0.1, 0.15) is 12.4 Å². The van der Waals surface area contributed by atoms with Crippen molar-refractivity contribution in [2.24, 2.45) is 5.10 Å². The van der Waals surface area contributed by atoms with Gasteiger partial charge < -0.3 is 10.1 Å². The van der Waals surface area contributed by atoms with Gasteiger partial charge in [0.05, 0.1) is 11.9 Å². The number of anilines is 1. The molecule has 0 unspecified atom stereocenters. The molecule has 0 aromatic heterocycles. The zero-order valence-electron chi connectivity index (χ0n) is 16.8. The molecule has 0 spiro atoms. The second-order valence-electron chi connectivity index (χ2n) is 6.63. The molecule has 2 N–H and O–H groups in total. The van der Waals surface area contributed by atoms with E-state index in [1.165, 1.54) is 6.21 Å². The van der Waals surface area contributed by atoms with Crippen LogP contribution in [0.2, 0.25) is 0 Å². The third kappa shape index (κ3) is 7.38. The number of para-hydroxylation sites is 2. The molecule has 0 aliphatic carbocycles. The van der Waals surface area contributed by atoms with E-state index in [1.807, 2.05) is 72.8 Å². The van der Waals surface area contributed by atoms with Crippen molar-refractivity contribution in [2.75, 3.05) is 5.32 Å². The number of carbonyl (C=O) groups is 2. The van der Waals surface area contributed by atoms with Gasteiger partial charge in [0.2, 0.25) is 11.8 Å². The minimum atomic E-state index is -0.346. The highest BCUT2D eigenvalue weighted by atomic mass is 79.9. The van der Waals surface area contributed by atoms with Crippen molar-refractivity contribution >= 4 is 39.6 Å². The van der Waals surface area contributed by atoms with E-state index >= 15 is 0 Å². The molecule has 3 aromatic carbocycles. The summed E-state index contributed by atoms with van der Waals surface area (Å²) in [5.41, 5.74) is 4.91. The van der Waals surface area contributed by atoms with Crippen LogP contribution < -0.4 is 15.5 Å². The van der Waals surface area contributed by atoms with Crippen molar-refractivity contribution < 1.29 is 14.3 Å². The highest BCUT2D eigenvalue weighted by Crippen LogP contribution is 2.21. The predicted molar refractivity (Wildman–Crippen MR) is 125 cm³/mol. The maximum Gasteiger partial charge on any atom is 0.240 e. The Morgan fingerprint density at radius 2 is 1.55 bits per heavy atom. The molecular weight excluding hydrogens is 458 g/mol. The molecule has 7 heteroatoms. The Hall–Kier alpha value is -3.45. The van der Waals surface area contributed by atoms with Crippen LogP contribution in [0.25, 0.3) is 0 Å². The molecule has 31 heavy (non-hydrogen) atoms. The molecule has 3 rings (SSSR count). The number of hydrogen-bond acceptors (Lipinski definition) is 4. The lowest BCUT2D eigenvalue weighted by Crippen LogP contribution is -2.20. The van der Waals surface area contributed by atoms with Gasteiger partial charge in [-0.25, -0.2) is 5.43 Å². The maximum atomic E-state index is 12.0. The normalized spacial score (nSPS) is 10.6. The third-order valence-electron chi connectivity index (χ3n) is 4.28. The fraction of sp³-hybridized carbons (Fsp3) is 0.125. The zero-order chi connectivity index (χ0) is 21.9. The summed E-state index contributed by atoms with van der Waals surface area (Å²) in [7, 11) is 0. The second-order valence-corrected chi connectivity index (χ2v) is 7.49. The lowest BCUT2D eigenvalue weighted by atomic mass is 10.2. The van der Waals surface area contributed by atoms with Crippen LogP contribution >= 0.6 is 15.9 Å². The van der Waals surface area contributed by atoms with Crippen molar-refractivity contribution in [2.45, 2.75) is 19.4 Å². The highest BCUT2D eigenvalue weighted by Gasteiger charge is 2.08. The molecule has 158 valence electrons. The van der Waals surface area contributed by atoms with Crippen molar-refractivity contribution in [3.8, 4) is 5.75 Å². The third-order valence-corrected chi connectivity index (χ3v) is 4.97. The van der Waals surface area contributed by atoms with Crippen LogP contribution in [0.4, 0.5) is 5.69 Å². The Bertz CT molecular complexity index is 1050. The monoisotopic (exact) mass is 479 g/mol. The van der Waals surface area contributed by atoms with Gasteiger partial charge >= 0.3 is 0 Å². The summed E-state index contributed by atoms with van der Waals surface area (Å²) in [5.74, 6) is 0.0732. The van der Waals surface area contributed by atoms with Gasteiger partial charge in [-0.05, 0) is 45.8 Å². The van der Waals surface area contributed by atoms with Crippen molar-refractivity contribution in [3.05, 3.63) is 94.5 Å². The van der Waals surface area contributed by atoms with E-state index < -0.39 is 0 Å². The minimum Gasteiger partial charge on any atom is -0.488 e. The summed E-state index contributed by atoms with van der Waals surface area (Å²) >= 11 is 3.37. The first-order chi connectivity index (χ1) is 15.1. The summed E-state index contributed by atoms with van der Waals surface area (Å²) in [6.45, 7) is 0.435. The topological polar surface area (TPSA) is 79.8 Å². The summed E-state index contributed by atoms with van der Waals surface area (Å²) < 4.78 is 6.65. The Morgan fingerprint density at radius 1 is 0.871 bits per heavy atom. The first kappa shape index (κ1) is 22.2. The van der Waals surface area contributed by atoms with Gasteiger partial charge in [0, 0.05) is 22.9 Å². The number of nitrogens with one attached hydrogen (secondary N) is 2. The number of ether oxygens (including phenoxy) is 1. The maximum absolute atomic E-state index is 12.0. The summed E-state index contributed by atoms with van der Waals surface area (Å²) in [4.78, 5) is 24.0. The summed E-state index contributed by atoms with van der Waals surface area (Å²) in [5, 5.41) is 6.75. The summed E-state index contributed by atoms with van der Waals surface area (Å²) in [6.07, 6.45) is 1.61. The van der Waals surface area contributed by atoms with Crippen LogP contribution in [-0.2, 0) is 16.2 Å². The van der Waals surface area contributed by atoms with E-state index in [1.54, 1.807) is 6.07 Å². The summed E-state index contributed by atoms with van der Waals surface area (Å²) in [6, 6.07) is 24.6. The Balaban J connectivity index is 1.46. The van der Waals surface area contributed by atoms with Crippen molar-refractivity contribution in [3.63, 3.8) is 0 Å². The lowest BCUT2D eigenvalue weighted by molar-refractivity contribution is -0.124. The molecule has 0 heterocycles. The fourth-order valence-electron chi connectivity index (χ4n) is 2.69. The molecule has 6 nitrogen and oxygen atoms in total. The molecule has 0 atom stereocenters. The van der Waals surface area contributed by atoms with E-state index in [-0.39, 0.29) is 24.7 Å². The van der Waals surface area contributed by atoms with Gasteiger partial charge in [-0.2, -0.15) is 5.10 Å². The zero-order valence-corrected chi connectivity index (χ0v) is 18.3. The molecule has 0 saturated carbocycles. The average molecular weight is 480 g/mol. The van der Waals surface area contributed by atoms with Gasteiger partial charge in [0.15, 0.2) is 0 Å². The average Bonchev–Trinajstić information content (AvgIpc) is 2.79. The van der Waals surface area contributed by atoms with Crippen LogP contribution in [0.5, 0.6) is 5.75 Å². The molecule has 3 aromatic rings. The first-order valence-corrected chi connectivity index (χ1v) is 10.5. The number of hydrazone groups is 1. The van der Waals surface area contributed by atoms with E-state index in [9.17, 15) is 9.59 Å². The number of hydrogen-bond donors (Lipinski definition) is 2. The van der Waals surface area contributed by atoms with Crippen LogP contribution in [0, 0.1) is 0 Å². The molecule has 0 bridgehead atoms. The molecule has 0 aliphatic rings. The van der Waals surface area contributed by atoms with Gasteiger partial charge in [-0.1, -0.05) is 54.6 Å². The number of halogens is 1. The highest BCUT2D eigenvalue weighted by molar-refractivity contribution is 9.10. The standard InChI is InChI=1S/C24H22BrN3O3/c25-20-11-5-6-12-21(20)27-23(29)14-15-24(30)28-26-16-19-10-4-7-13-22(19)31-17-18-8-2-1-3-9-18/h1-13,16H,14-15,17H2,(H,27,29)(H,28,30). The SMILES string of the molecule is O=C(CCC(=O)Nc1ccccc1Br)NN=Cc1ccccc1OCc1ccccc1. The lowest BCUT2D eigenvalue weighted by Gasteiger charge is -2.09.